The molecule has 0 bridgehead atoms. The van der Waals surface area contributed by atoms with Crippen LogP contribution in [0, 0.1) is 0 Å². The minimum atomic E-state index is -0.478. The molecule has 1 amide bonds. The first-order valence-corrected chi connectivity index (χ1v) is 5.09. The van der Waals surface area contributed by atoms with Crippen molar-refractivity contribution in [2.24, 2.45) is 0 Å². The highest BCUT2D eigenvalue weighted by Crippen LogP contribution is 1.99. The van der Waals surface area contributed by atoms with E-state index in [1.165, 1.54) is 0 Å². The minimum absolute atomic E-state index is 0.0424. The van der Waals surface area contributed by atoms with E-state index in [0.29, 0.717) is 6.54 Å². The number of benzene rings is 1. The fraction of sp³-hybridized carbons (Fsp3) is 0.364. The molecule has 1 rings (SSSR count). The number of ether oxygens (including phenoxy) is 1. The van der Waals surface area contributed by atoms with Crippen LogP contribution in [0.15, 0.2) is 30.3 Å². The number of carbonyl (C=O) groups excluding carboxylic acids is 1. The molecule has 0 heterocycles. The number of hydrogen-bond donors (Lipinski definition) is 3. The van der Waals surface area contributed by atoms with Gasteiger partial charge in [-0.1, -0.05) is 30.3 Å². The third kappa shape index (κ3) is 5.33. The standard InChI is InChI=1S/C11H16N2O3/c14-7-6-12-9-13-11(15)16-8-10-4-2-1-3-5-10/h1-5,12,14H,6-9H2,(H,13,15). The van der Waals surface area contributed by atoms with E-state index in [2.05, 4.69) is 10.6 Å². The second-order valence-electron chi connectivity index (χ2n) is 3.14. The summed E-state index contributed by atoms with van der Waals surface area (Å²) in [6.07, 6.45) is -0.478. The Kier molecular flexibility index (Phi) is 5.98. The van der Waals surface area contributed by atoms with Crippen molar-refractivity contribution in [1.29, 1.82) is 0 Å². The molecule has 5 nitrogen and oxygen atoms in total. The molecule has 5 heteroatoms. The van der Waals surface area contributed by atoms with Crippen LogP contribution in [0.5, 0.6) is 0 Å². The van der Waals surface area contributed by atoms with Crippen LogP contribution in [0.2, 0.25) is 0 Å². The zero-order chi connectivity index (χ0) is 11.6. The predicted molar refractivity (Wildman–Crippen MR) is 59.7 cm³/mol. The van der Waals surface area contributed by atoms with Crippen molar-refractivity contribution in [3.8, 4) is 0 Å². The molecule has 0 saturated carbocycles. The van der Waals surface area contributed by atoms with Gasteiger partial charge in [0.2, 0.25) is 0 Å². The maximum absolute atomic E-state index is 11.1. The molecule has 0 fully saturated rings. The number of carbonyl (C=O) groups is 1. The molecule has 0 spiro atoms. The highest BCUT2D eigenvalue weighted by Gasteiger charge is 2.00. The number of aliphatic hydroxyl groups excluding tert-OH is 1. The van der Waals surface area contributed by atoms with Gasteiger partial charge in [-0.3, -0.25) is 5.32 Å². The molecular weight excluding hydrogens is 208 g/mol. The van der Waals surface area contributed by atoms with E-state index in [1.807, 2.05) is 30.3 Å². The van der Waals surface area contributed by atoms with Gasteiger partial charge < -0.3 is 15.2 Å². The first-order chi connectivity index (χ1) is 7.83. The Morgan fingerprint density at radius 3 is 2.75 bits per heavy atom. The largest absolute Gasteiger partial charge is 0.445 e. The summed E-state index contributed by atoms with van der Waals surface area (Å²) in [7, 11) is 0. The number of alkyl carbamates (subject to hydrolysis) is 1. The van der Waals surface area contributed by atoms with Crippen LogP contribution >= 0.6 is 0 Å². The lowest BCUT2D eigenvalue weighted by molar-refractivity contribution is 0.138. The number of amides is 1. The lowest BCUT2D eigenvalue weighted by Gasteiger charge is -2.07. The number of aliphatic hydroxyl groups is 1. The van der Waals surface area contributed by atoms with Gasteiger partial charge in [-0.05, 0) is 5.56 Å². The number of hydrogen-bond acceptors (Lipinski definition) is 4. The highest BCUT2D eigenvalue weighted by atomic mass is 16.5. The van der Waals surface area contributed by atoms with E-state index in [0.717, 1.165) is 5.56 Å². The van der Waals surface area contributed by atoms with E-state index >= 15 is 0 Å². The SMILES string of the molecule is O=C(NCNCCO)OCc1ccccc1. The molecule has 0 atom stereocenters. The molecule has 1 aromatic rings. The fourth-order valence-electron chi connectivity index (χ4n) is 1.08. The molecule has 88 valence electrons. The molecular formula is C11H16N2O3. The van der Waals surface area contributed by atoms with Gasteiger partial charge in [-0.25, -0.2) is 4.79 Å². The van der Waals surface area contributed by atoms with E-state index in [-0.39, 0.29) is 19.9 Å². The molecule has 0 aliphatic heterocycles. The molecule has 16 heavy (non-hydrogen) atoms. The summed E-state index contributed by atoms with van der Waals surface area (Å²) < 4.78 is 4.96. The predicted octanol–water partition coefficient (Wildman–Crippen LogP) is 0.452. The van der Waals surface area contributed by atoms with Gasteiger partial charge in [0.05, 0.1) is 13.3 Å². The fourth-order valence-corrected chi connectivity index (χ4v) is 1.08. The zero-order valence-electron chi connectivity index (χ0n) is 8.98. The Hall–Kier alpha value is -1.59. The average molecular weight is 224 g/mol. The van der Waals surface area contributed by atoms with Gasteiger partial charge in [0, 0.05) is 6.54 Å². The van der Waals surface area contributed by atoms with Gasteiger partial charge in [0.15, 0.2) is 0 Å². The first-order valence-electron chi connectivity index (χ1n) is 5.09. The van der Waals surface area contributed by atoms with Crippen molar-refractivity contribution >= 4 is 6.09 Å². The number of nitrogens with one attached hydrogen (secondary N) is 2. The van der Waals surface area contributed by atoms with E-state index < -0.39 is 6.09 Å². The summed E-state index contributed by atoms with van der Waals surface area (Å²) in [5.74, 6) is 0. The molecule has 0 aliphatic rings. The van der Waals surface area contributed by atoms with Crippen LogP contribution in [-0.4, -0.2) is 31.0 Å². The second kappa shape index (κ2) is 7.67. The van der Waals surface area contributed by atoms with Crippen LogP contribution in [0.1, 0.15) is 5.56 Å². The van der Waals surface area contributed by atoms with Gasteiger partial charge in [-0.15, -0.1) is 0 Å². The Morgan fingerprint density at radius 2 is 2.06 bits per heavy atom. The summed E-state index contributed by atoms with van der Waals surface area (Å²) >= 11 is 0. The third-order valence-electron chi connectivity index (χ3n) is 1.86. The van der Waals surface area contributed by atoms with Gasteiger partial charge >= 0.3 is 6.09 Å². The Labute approximate surface area is 94.4 Å². The highest BCUT2D eigenvalue weighted by molar-refractivity contribution is 5.66. The van der Waals surface area contributed by atoms with Crippen molar-refractivity contribution in [3.05, 3.63) is 35.9 Å². The summed E-state index contributed by atoms with van der Waals surface area (Å²) in [5.41, 5.74) is 0.945. The van der Waals surface area contributed by atoms with E-state index in [1.54, 1.807) is 0 Å². The Balaban J connectivity index is 2.11. The van der Waals surface area contributed by atoms with Crippen LogP contribution < -0.4 is 10.6 Å². The van der Waals surface area contributed by atoms with Gasteiger partial charge in [-0.2, -0.15) is 0 Å². The Morgan fingerprint density at radius 1 is 1.31 bits per heavy atom. The van der Waals surface area contributed by atoms with E-state index in [9.17, 15) is 4.79 Å². The minimum Gasteiger partial charge on any atom is -0.445 e. The quantitative estimate of drug-likeness (QED) is 0.485. The van der Waals surface area contributed by atoms with Crippen molar-refractivity contribution < 1.29 is 14.6 Å². The van der Waals surface area contributed by atoms with Crippen molar-refractivity contribution in [1.82, 2.24) is 10.6 Å². The van der Waals surface area contributed by atoms with Gasteiger partial charge in [0.25, 0.3) is 0 Å². The summed E-state index contributed by atoms with van der Waals surface area (Å²) in [6.45, 7) is 1.03. The van der Waals surface area contributed by atoms with E-state index in [4.69, 9.17) is 9.84 Å². The summed E-state index contributed by atoms with van der Waals surface area (Å²) in [4.78, 5) is 11.1. The number of rotatable bonds is 6. The van der Waals surface area contributed by atoms with Crippen LogP contribution in [0.3, 0.4) is 0 Å². The molecule has 0 aromatic heterocycles. The van der Waals surface area contributed by atoms with Crippen LogP contribution in [0.25, 0.3) is 0 Å². The second-order valence-corrected chi connectivity index (χ2v) is 3.14. The van der Waals surface area contributed by atoms with Gasteiger partial charge in [0.1, 0.15) is 6.61 Å². The lowest BCUT2D eigenvalue weighted by Crippen LogP contribution is -2.35. The van der Waals surface area contributed by atoms with Crippen molar-refractivity contribution in [3.63, 3.8) is 0 Å². The monoisotopic (exact) mass is 224 g/mol. The van der Waals surface area contributed by atoms with Crippen LogP contribution in [-0.2, 0) is 11.3 Å². The third-order valence-corrected chi connectivity index (χ3v) is 1.86. The molecule has 0 radical (unpaired) electrons. The van der Waals surface area contributed by atoms with Crippen molar-refractivity contribution in [2.75, 3.05) is 19.8 Å². The topological polar surface area (TPSA) is 70.6 Å². The molecule has 1 aromatic carbocycles. The molecule has 0 aliphatic carbocycles. The molecule has 0 unspecified atom stereocenters. The molecule has 3 N–H and O–H groups in total. The summed E-state index contributed by atoms with van der Waals surface area (Å²) in [6, 6.07) is 9.45. The average Bonchev–Trinajstić information content (AvgIpc) is 2.33. The maximum Gasteiger partial charge on any atom is 0.408 e. The zero-order valence-corrected chi connectivity index (χ0v) is 8.98. The lowest BCUT2D eigenvalue weighted by atomic mass is 10.2. The summed E-state index contributed by atoms with van der Waals surface area (Å²) in [5, 5.41) is 13.8. The van der Waals surface area contributed by atoms with Crippen LogP contribution in [0.4, 0.5) is 4.79 Å². The van der Waals surface area contributed by atoms with Crippen molar-refractivity contribution in [2.45, 2.75) is 6.61 Å². The molecule has 0 saturated heterocycles. The maximum atomic E-state index is 11.1. The Bertz CT molecular complexity index is 303. The first kappa shape index (κ1) is 12.5. The smallest absolute Gasteiger partial charge is 0.408 e. The normalized spacial score (nSPS) is 9.81.